The molecule has 0 radical (unpaired) electrons. The van der Waals surface area contributed by atoms with Crippen LogP contribution in [0.4, 0.5) is 0 Å². The third kappa shape index (κ3) is 6.74. The molecule has 1 aromatic carbocycles. The van der Waals surface area contributed by atoms with Gasteiger partial charge in [0.05, 0.1) is 0 Å². The Balaban J connectivity index is 2.13. The summed E-state index contributed by atoms with van der Waals surface area (Å²) in [6.07, 6.45) is 11.6. The second-order valence-corrected chi connectivity index (χ2v) is 21.3. The van der Waals surface area contributed by atoms with E-state index in [9.17, 15) is 0 Å². The second-order valence-electron chi connectivity index (χ2n) is 8.03. The summed E-state index contributed by atoms with van der Waals surface area (Å²) in [5.41, 5.74) is 0. The van der Waals surface area contributed by atoms with E-state index in [1.54, 1.807) is 3.58 Å². The minimum atomic E-state index is -2.29. The molecule has 1 aromatic rings. The summed E-state index contributed by atoms with van der Waals surface area (Å²) in [6.45, 7) is 7.87. The molecule has 3 heteroatoms. The number of hydrogen-bond donors (Lipinski definition) is 0. The van der Waals surface area contributed by atoms with Crippen molar-refractivity contribution in [2.24, 2.45) is 0 Å². The molecule has 0 spiro atoms. The molecule has 1 fully saturated rings. The molecule has 0 saturated carbocycles. The van der Waals surface area contributed by atoms with Gasteiger partial charge in [0.25, 0.3) is 0 Å². The van der Waals surface area contributed by atoms with Crippen LogP contribution in [0, 0.1) is 0 Å². The van der Waals surface area contributed by atoms with E-state index in [4.69, 9.17) is 9.47 Å². The first kappa shape index (κ1) is 22.1. The van der Waals surface area contributed by atoms with E-state index in [2.05, 4.69) is 45.0 Å². The fraction of sp³-hybridized carbons (Fsp3) is 0.739. The molecule has 1 unspecified atom stereocenters. The molecule has 2 rings (SSSR count). The van der Waals surface area contributed by atoms with Gasteiger partial charge in [0.1, 0.15) is 0 Å². The predicted octanol–water partition coefficient (Wildman–Crippen LogP) is 6.65. The molecule has 0 aliphatic carbocycles. The first-order chi connectivity index (χ1) is 12.7. The summed E-state index contributed by atoms with van der Waals surface area (Å²) in [5, 5.41) is 0. The normalized spacial score (nSPS) is 18.0. The van der Waals surface area contributed by atoms with Gasteiger partial charge in [-0.1, -0.05) is 0 Å². The Bertz CT molecular complexity index is 458. The third-order valence-corrected chi connectivity index (χ3v) is 21.6. The number of ether oxygens (including phenoxy) is 2. The van der Waals surface area contributed by atoms with Crippen molar-refractivity contribution in [1.29, 1.82) is 0 Å². The number of hydrogen-bond acceptors (Lipinski definition) is 2. The first-order valence-corrected chi connectivity index (χ1v) is 18.6. The van der Waals surface area contributed by atoms with Crippen LogP contribution >= 0.6 is 0 Å². The van der Waals surface area contributed by atoms with Crippen LogP contribution in [0.2, 0.25) is 13.3 Å². The Kier molecular flexibility index (Phi) is 10.4. The third-order valence-electron chi connectivity index (χ3n) is 5.90. The van der Waals surface area contributed by atoms with Gasteiger partial charge in [-0.25, -0.2) is 0 Å². The quantitative estimate of drug-likeness (QED) is 0.321. The fourth-order valence-corrected chi connectivity index (χ4v) is 20.1. The van der Waals surface area contributed by atoms with E-state index < -0.39 is 18.4 Å². The van der Waals surface area contributed by atoms with Crippen molar-refractivity contribution in [3.8, 4) is 5.75 Å². The molecule has 0 amide bonds. The Morgan fingerprint density at radius 2 is 1.46 bits per heavy atom. The van der Waals surface area contributed by atoms with Crippen LogP contribution in [-0.2, 0) is 4.74 Å². The predicted molar refractivity (Wildman–Crippen MR) is 115 cm³/mol. The molecule has 1 heterocycles. The van der Waals surface area contributed by atoms with Crippen LogP contribution in [0.15, 0.2) is 24.3 Å². The van der Waals surface area contributed by atoms with Crippen molar-refractivity contribution in [3.05, 3.63) is 24.3 Å². The Morgan fingerprint density at radius 1 is 0.885 bits per heavy atom. The van der Waals surface area contributed by atoms with Crippen LogP contribution in [0.1, 0.15) is 78.6 Å². The van der Waals surface area contributed by atoms with E-state index in [1.165, 1.54) is 64.7 Å². The standard InChI is InChI=1S/C11H13O2.3C4H9.Sn/c1-2-6-10(7-3-1)13-11-8-4-5-9-12-11;3*1-3-4-2;/h2-3,6-7,11H,4-5,8-9H2;3*1,3-4H2,2H3;. The molecule has 1 aliphatic rings. The summed E-state index contributed by atoms with van der Waals surface area (Å²) in [5.74, 6) is 0.988. The summed E-state index contributed by atoms with van der Waals surface area (Å²) in [4.78, 5) is 0. The number of unbranched alkanes of at least 4 members (excludes halogenated alkanes) is 3. The monoisotopic (exact) mass is 468 g/mol. The SMILES string of the molecule is CCC[CH2][Sn]([CH2]CCC)([CH2]CCC)[c]1ccc(OC2CCCCO2)cc1. The van der Waals surface area contributed by atoms with Crippen molar-refractivity contribution in [2.75, 3.05) is 6.61 Å². The summed E-state index contributed by atoms with van der Waals surface area (Å²) < 4.78 is 18.1. The zero-order valence-corrected chi connectivity index (χ0v) is 20.2. The van der Waals surface area contributed by atoms with Gasteiger partial charge in [-0.2, -0.15) is 0 Å². The van der Waals surface area contributed by atoms with Gasteiger partial charge in [0.15, 0.2) is 0 Å². The van der Waals surface area contributed by atoms with Crippen LogP contribution in [0.25, 0.3) is 0 Å². The van der Waals surface area contributed by atoms with E-state index in [1.807, 2.05) is 0 Å². The molecule has 0 bridgehead atoms. The molecule has 26 heavy (non-hydrogen) atoms. The van der Waals surface area contributed by atoms with Crippen molar-refractivity contribution >= 4 is 22.0 Å². The Hall–Kier alpha value is -0.221. The molecular formula is C23H40O2Sn. The van der Waals surface area contributed by atoms with Crippen LogP contribution in [0.5, 0.6) is 5.75 Å². The summed E-state index contributed by atoms with van der Waals surface area (Å²) >= 11 is -2.29. The van der Waals surface area contributed by atoms with Gasteiger partial charge < -0.3 is 0 Å². The maximum atomic E-state index is 6.07. The molecule has 1 aliphatic heterocycles. The van der Waals surface area contributed by atoms with Gasteiger partial charge in [0, 0.05) is 0 Å². The first-order valence-electron chi connectivity index (χ1n) is 11.1. The van der Waals surface area contributed by atoms with Crippen molar-refractivity contribution < 1.29 is 9.47 Å². The van der Waals surface area contributed by atoms with E-state index in [-0.39, 0.29) is 6.29 Å². The number of rotatable bonds is 12. The van der Waals surface area contributed by atoms with Crippen LogP contribution in [0.3, 0.4) is 0 Å². The molecule has 1 saturated heterocycles. The van der Waals surface area contributed by atoms with Gasteiger partial charge in [-0.3, -0.25) is 0 Å². The van der Waals surface area contributed by atoms with Crippen LogP contribution in [-0.4, -0.2) is 31.3 Å². The average Bonchev–Trinajstić information content (AvgIpc) is 2.69. The van der Waals surface area contributed by atoms with E-state index in [0.717, 1.165) is 18.8 Å². The summed E-state index contributed by atoms with van der Waals surface area (Å²) in [7, 11) is 0. The van der Waals surface area contributed by atoms with Gasteiger partial charge in [-0.05, 0) is 0 Å². The zero-order chi connectivity index (χ0) is 18.7. The fourth-order valence-electron chi connectivity index (χ4n) is 4.20. The number of benzene rings is 1. The van der Waals surface area contributed by atoms with Crippen LogP contribution < -0.4 is 8.32 Å². The molecule has 148 valence electrons. The Morgan fingerprint density at radius 3 is 1.92 bits per heavy atom. The second kappa shape index (κ2) is 12.3. The molecule has 2 nitrogen and oxygen atoms in total. The molecule has 0 N–H and O–H groups in total. The molecule has 0 aromatic heterocycles. The van der Waals surface area contributed by atoms with Gasteiger partial charge in [-0.15, -0.1) is 0 Å². The van der Waals surface area contributed by atoms with E-state index in [0.29, 0.717) is 0 Å². The van der Waals surface area contributed by atoms with Crippen molar-refractivity contribution in [1.82, 2.24) is 0 Å². The van der Waals surface area contributed by atoms with Crippen molar-refractivity contribution in [2.45, 2.75) is 98.2 Å². The van der Waals surface area contributed by atoms with Gasteiger partial charge in [0.2, 0.25) is 0 Å². The van der Waals surface area contributed by atoms with E-state index >= 15 is 0 Å². The van der Waals surface area contributed by atoms with Gasteiger partial charge >= 0.3 is 166 Å². The molecular weight excluding hydrogens is 427 g/mol. The van der Waals surface area contributed by atoms with Crippen molar-refractivity contribution in [3.63, 3.8) is 0 Å². The average molecular weight is 467 g/mol. The Labute approximate surface area is 165 Å². The minimum absolute atomic E-state index is 0.0388. The topological polar surface area (TPSA) is 18.5 Å². The maximum absolute atomic E-state index is 6.07. The zero-order valence-electron chi connectivity index (χ0n) is 17.4. The molecule has 1 atom stereocenters. The summed E-state index contributed by atoms with van der Waals surface area (Å²) in [6, 6.07) is 9.30.